The highest BCUT2D eigenvalue weighted by molar-refractivity contribution is 6.41. The largest absolute Gasteiger partial charge is 0.394 e. The van der Waals surface area contributed by atoms with Gasteiger partial charge in [0, 0.05) is 55.7 Å². The van der Waals surface area contributed by atoms with Crippen LogP contribution >= 0.6 is 0 Å². The molecule has 29 nitrogen and oxygen atoms in total. The third-order valence-electron chi connectivity index (χ3n) is 18.7. The fourth-order valence-electron chi connectivity index (χ4n) is 12.2. The minimum Gasteiger partial charge on any atom is -0.394 e. The van der Waals surface area contributed by atoms with E-state index in [0.29, 0.717) is 62.5 Å². The van der Waals surface area contributed by atoms with Gasteiger partial charge in [-0.25, -0.2) is 0 Å². The Hall–Kier alpha value is -9.22. The first-order valence-electron chi connectivity index (χ1n) is 36.2. The zero-order chi connectivity index (χ0) is 77.6. The van der Waals surface area contributed by atoms with Crippen LogP contribution in [0.4, 0.5) is 0 Å². The highest BCUT2D eigenvalue weighted by Gasteiger charge is 2.43. The Bertz CT molecular complexity index is 3490. The zero-order valence-electron chi connectivity index (χ0n) is 62.1. The summed E-state index contributed by atoms with van der Waals surface area (Å²) in [7, 11) is 0. The minimum atomic E-state index is -1.78. The Morgan fingerprint density at radius 2 is 1.28 bits per heavy atom. The molecule has 1 aliphatic rings. The number of hydrogen-bond donors (Lipinski definition) is 15. The van der Waals surface area contributed by atoms with Gasteiger partial charge in [0.1, 0.15) is 41.8 Å². The van der Waals surface area contributed by atoms with E-state index >= 15 is 14.4 Å². The SMILES string of the molecule is CC(=O)N[C@@H](CC(C)C)C(=O)N[C@H](C(=O)N[C@@H](Cc1ccccc1)C(=O)N[C@@]1(C)CCCCCC/C=C/CCC[C@@](C)(C(=O)N[C@@H](CO)C(=O)NC(C)C(=O)N[C@@H](C)C(N)=O)NC(=O)[C@H](CCC(C)C)CN[C@@H](CCC(N)=O)C(=O)C(=O)C(C)NC(=O)[C@H](Cc2c[nH]c3ccccc23)CC1=O)[C@@H](C)O. The molecule has 2 aromatic carbocycles. The fraction of sp³-hybridized carbons (Fsp3) is 0.600. The highest BCUT2D eigenvalue weighted by Crippen LogP contribution is 2.28. The Morgan fingerprint density at radius 1 is 0.644 bits per heavy atom. The van der Waals surface area contributed by atoms with E-state index in [9.17, 15) is 63.0 Å². The van der Waals surface area contributed by atoms with Gasteiger partial charge in [-0.3, -0.25) is 67.1 Å². The first-order valence-corrected chi connectivity index (χ1v) is 36.2. The maximum atomic E-state index is 15.5. The van der Waals surface area contributed by atoms with E-state index in [1.807, 2.05) is 58.0 Å². The average Bonchev–Trinajstić information content (AvgIpc) is 1.42. The molecule has 574 valence electrons. The summed E-state index contributed by atoms with van der Waals surface area (Å²) in [5.74, 6) is -13.9. The van der Waals surface area contributed by atoms with Gasteiger partial charge in [0.05, 0.1) is 36.3 Å². The number of aliphatic hydroxyl groups excluding tert-OH is 2. The van der Waals surface area contributed by atoms with Crippen LogP contribution in [0.3, 0.4) is 0 Å². The summed E-state index contributed by atoms with van der Waals surface area (Å²) in [5, 5.41) is 48.8. The first kappa shape index (κ1) is 87.2. The van der Waals surface area contributed by atoms with E-state index in [0.717, 1.165) is 10.9 Å². The lowest BCUT2D eigenvalue weighted by Gasteiger charge is -2.33. The second-order valence-corrected chi connectivity index (χ2v) is 28.9. The van der Waals surface area contributed by atoms with Crippen LogP contribution < -0.4 is 64.6 Å². The molecule has 13 atom stereocenters. The number of para-hydroxylation sites is 1. The number of benzene rings is 2. The number of ketones is 3. The molecule has 0 aliphatic carbocycles. The molecule has 0 spiro atoms. The smallest absolute Gasteiger partial charge is 0.246 e. The average molecular weight is 1450 g/mol. The third-order valence-corrected chi connectivity index (χ3v) is 18.7. The van der Waals surface area contributed by atoms with Gasteiger partial charge >= 0.3 is 0 Å². The van der Waals surface area contributed by atoms with Crippen molar-refractivity contribution in [3.05, 3.63) is 84.1 Å². The number of primary amides is 2. The van der Waals surface area contributed by atoms with Crippen LogP contribution in [0.15, 0.2) is 72.9 Å². The molecule has 11 amide bonds. The van der Waals surface area contributed by atoms with Crippen LogP contribution in [0.25, 0.3) is 10.9 Å². The highest BCUT2D eigenvalue weighted by atomic mass is 16.3. The van der Waals surface area contributed by atoms with E-state index in [-0.39, 0.29) is 63.3 Å². The van der Waals surface area contributed by atoms with Crippen molar-refractivity contribution in [3.8, 4) is 0 Å². The van der Waals surface area contributed by atoms with Gasteiger partial charge in [-0.1, -0.05) is 114 Å². The van der Waals surface area contributed by atoms with Crippen molar-refractivity contribution in [2.24, 2.45) is 35.1 Å². The summed E-state index contributed by atoms with van der Waals surface area (Å²) >= 11 is 0. The number of fused-ring (bicyclic) bond motifs is 1. The molecule has 2 heterocycles. The zero-order valence-corrected chi connectivity index (χ0v) is 62.1. The van der Waals surface area contributed by atoms with Gasteiger partial charge < -0.3 is 79.8 Å². The van der Waals surface area contributed by atoms with Crippen LogP contribution in [-0.4, -0.2) is 176 Å². The molecule has 17 N–H and O–H groups in total. The van der Waals surface area contributed by atoms with Gasteiger partial charge in [0.25, 0.3) is 0 Å². The number of allylic oxidation sites excluding steroid dienone is 2. The van der Waals surface area contributed by atoms with Gasteiger partial charge in [0.2, 0.25) is 76.5 Å². The first-order chi connectivity index (χ1) is 49.0. The number of H-pyrrole nitrogens is 1. The molecule has 104 heavy (non-hydrogen) atoms. The van der Waals surface area contributed by atoms with Crippen molar-refractivity contribution in [2.45, 2.75) is 251 Å². The molecule has 3 aromatic rings. The normalized spacial score (nSPS) is 22.7. The van der Waals surface area contributed by atoms with Gasteiger partial charge in [0.15, 0.2) is 5.78 Å². The Labute approximate surface area is 609 Å². The van der Waals surface area contributed by atoms with Gasteiger partial charge in [-0.15, -0.1) is 0 Å². The third kappa shape index (κ3) is 28.4. The number of nitrogens with one attached hydrogen (secondary N) is 11. The number of nitrogens with two attached hydrogens (primary N) is 2. The molecule has 0 bridgehead atoms. The molecule has 0 saturated carbocycles. The van der Waals surface area contributed by atoms with Crippen molar-refractivity contribution >= 4 is 93.2 Å². The molecule has 1 aliphatic heterocycles. The van der Waals surface area contributed by atoms with Crippen molar-refractivity contribution < 1.29 is 77.3 Å². The second kappa shape index (κ2) is 42.5. The number of rotatable bonds is 28. The Morgan fingerprint density at radius 3 is 1.90 bits per heavy atom. The topological polar surface area (TPSA) is 468 Å². The lowest BCUT2D eigenvalue weighted by Crippen LogP contribution is -2.63. The summed E-state index contributed by atoms with van der Waals surface area (Å²) < 4.78 is 0. The van der Waals surface area contributed by atoms with Crippen molar-refractivity contribution in [2.75, 3.05) is 13.2 Å². The molecule has 0 saturated heterocycles. The monoisotopic (exact) mass is 1450 g/mol. The Balaban J connectivity index is 1.80. The van der Waals surface area contributed by atoms with E-state index in [1.54, 1.807) is 42.6 Å². The quantitative estimate of drug-likeness (QED) is 0.0366. The van der Waals surface area contributed by atoms with Crippen LogP contribution in [0.2, 0.25) is 0 Å². The maximum Gasteiger partial charge on any atom is 0.246 e. The summed E-state index contributed by atoms with van der Waals surface area (Å²) in [4.78, 5) is 198. The summed E-state index contributed by atoms with van der Waals surface area (Å²) in [6.07, 6.45) is 6.97. The number of aromatic nitrogens is 1. The van der Waals surface area contributed by atoms with E-state index in [4.69, 9.17) is 11.5 Å². The van der Waals surface area contributed by atoms with Crippen LogP contribution in [-0.2, 0) is 80.0 Å². The molecule has 4 rings (SSSR count). The summed E-state index contributed by atoms with van der Waals surface area (Å²) in [5.41, 5.74) is 9.27. The van der Waals surface area contributed by atoms with Crippen LogP contribution in [0.5, 0.6) is 0 Å². The lowest BCUT2D eigenvalue weighted by atomic mass is 9.82. The number of carbonyl (C=O) groups excluding carboxylic acids is 14. The van der Waals surface area contributed by atoms with Crippen LogP contribution in [0, 0.1) is 23.7 Å². The maximum absolute atomic E-state index is 15.5. The van der Waals surface area contributed by atoms with Crippen LogP contribution in [0.1, 0.15) is 184 Å². The Kier molecular flexibility index (Phi) is 35.6. The van der Waals surface area contributed by atoms with Crippen molar-refractivity contribution in [3.63, 3.8) is 0 Å². The van der Waals surface area contributed by atoms with E-state index in [1.165, 1.54) is 48.5 Å². The molecule has 2 unspecified atom stereocenters. The van der Waals surface area contributed by atoms with Gasteiger partial charge in [-0.05, 0) is 135 Å². The van der Waals surface area contributed by atoms with E-state index < -0.39 is 179 Å². The number of Topliss-reactive ketones (excluding diaryl/α,β-unsaturated/α-hetero) is 3. The molecular weight excluding hydrogens is 1340 g/mol. The van der Waals surface area contributed by atoms with Crippen molar-refractivity contribution in [1.29, 1.82) is 0 Å². The number of amides is 11. The molecular formula is C75H113N13O16. The molecule has 1 aromatic heterocycles. The standard InChI is InChI=1S/C75H113N13O16/c1-43(2)30-31-51-40-79-56(32-33-61(76)93)64(95)63(94)45(5)80-67(98)52(38-53-41-78-55-29-23-22-28-54(53)55)39-60(92)74(10,88-71(102)58(37-50-26-20-19-21-27-50)84-72(103)62(48(8)90)86-69(100)57(36-44(3)4)83-49(9)91)34-24-17-15-13-12-14-16-18-25-35-75(11,87-68(51)99)73(104)85-59(42-89)70(101)82-47(7)66(97)81-46(6)65(77)96/h14,16,19-23,26-29,41,43-48,51-52,56-59,62,78-79,89-90H,12-13,15,17-18,24-25,30-40,42H2,1-11H3,(H2,76,93)(H2,77,96)(H,80,98)(H,81,97)(H,82,101)(H,83,91)(H,84,103)(H,85,104)(H,86,100)(H,87,99)(H,88,102)/b16-14+/t45?,46-,47?,48+,51+,52+,56-,57-,58-,59-,62-,74-,75-/m0/s1. The second-order valence-electron chi connectivity index (χ2n) is 28.9. The number of aliphatic hydroxyl groups is 2. The number of carbonyl (C=O) groups is 14. The van der Waals surface area contributed by atoms with E-state index in [2.05, 4.69) is 58.2 Å². The number of hydrogen-bond acceptors (Lipinski definition) is 17. The summed E-state index contributed by atoms with van der Waals surface area (Å²) in [6.45, 7) is 15.7. The predicted molar refractivity (Wildman–Crippen MR) is 390 cm³/mol. The molecule has 0 fully saturated rings. The van der Waals surface area contributed by atoms with Crippen molar-refractivity contribution in [1.82, 2.24) is 58.2 Å². The molecule has 29 heteroatoms. The molecule has 0 radical (unpaired) electrons. The summed E-state index contributed by atoms with van der Waals surface area (Å²) in [6, 6.07) is 4.80. The number of aromatic amines is 1. The minimum absolute atomic E-state index is 0.0165. The van der Waals surface area contributed by atoms with Gasteiger partial charge in [-0.2, -0.15) is 0 Å². The lowest BCUT2D eigenvalue weighted by molar-refractivity contribution is -0.141. The fourth-order valence-corrected chi connectivity index (χ4v) is 12.2. The predicted octanol–water partition coefficient (Wildman–Crippen LogP) is 2.15.